The monoisotopic (exact) mass is 241 g/mol. The Labute approximate surface area is 86.3 Å². The SMILES string of the molecule is CCOC(=O)Nc1nnc(C(F)(F)F)s1. The number of hydrogen-bond donors (Lipinski definition) is 1. The van der Waals surface area contributed by atoms with Gasteiger partial charge in [-0.1, -0.05) is 11.3 Å². The quantitative estimate of drug-likeness (QED) is 0.861. The maximum atomic E-state index is 12.1. The van der Waals surface area contributed by atoms with Crippen molar-refractivity contribution in [1.82, 2.24) is 10.2 Å². The van der Waals surface area contributed by atoms with E-state index in [1.165, 1.54) is 0 Å². The molecule has 84 valence electrons. The molecule has 5 nitrogen and oxygen atoms in total. The number of alkyl halides is 3. The molecule has 0 aliphatic rings. The number of nitrogens with one attached hydrogen (secondary N) is 1. The standard InChI is InChI=1S/C6H6F3N3O2S/c1-2-14-5(13)10-4-12-11-3(15-4)6(7,8)9/h2H2,1H3,(H,10,12,13). The zero-order chi connectivity index (χ0) is 11.5. The van der Waals surface area contributed by atoms with Crippen molar-refractivity contribution in [3.63, 3.8) is 0 Å². The van der Waals surface area contributed by atoms with Gasteiger partial charge in [-0.2, -0.15) is 13.2 Å². The van der Waals surface area contributed by atoms with Crippen molar-refractivity contribution in [1.29, 1.82) is 0 Å². The summed E-state index contributed by atoms with van der Waals surface area (Å²) < 4.78 is 40.6. The molecule has 0 bridgehead atoms. The second-order valence-electron chi connectivity index (χ2n) is 2.26. The molecule has 0 aliphatic heterocycles. The number of ether oxygens (including phenoxy) is 1. The number of rotatable bonds is 2. The largest absolute Gasteiger partial charge is 0.450 e. The number of carbonyl (C=O) groups excluding carboxylic acids is 1. The molecule has 0 spiro atoms. The molecule has 0 aliphatic carbocycles. The summed E-state index contributed by atoms with van der Waals surface area (Å²) in [6.45, 7) is 1.69. The van der Waals surface area contributed by atoms with E-state index in [2.05, 4.69) is 14.9 Å². The molecule has 1 aromatic rings. The first kappa shape index (κ1) is 11.7. The molecule has 1 N–H and O–H groups in total. The summed E-state index contributed by atoms with van der Waals surface area (Å²) >= 11 is 0.235. The first-order valence-corrected chi connectivity index (χ1v) is 4.59. The molecular formula is C6H6F3N3O2S. The van der Waals surface area contributed by atoms with E-state index in [0.29, 0.717) is 0 Å². The third-order valence-corrected chi connectivity index (χ3v) is 2.04. The minimum absolute atomic E-state index is 0.122. The van der Waals surface area contributed by atoms with E-state index in [-0.39, 0.29) is 23.1 Å². The van der Waals surface area contributed by atoms with Crippen molar-refractivity contribution in [3.8, 4) is 0 Å². The second-order valence-corrected chi connectivity index (χ2v) is 3.23. The first-order chi connectivity index (χ1) is 6.93. The van der Waals surface area contributed by atoms with Crippen molar-refractivity contribution in [3.05, 3.63) is 5.01 Å². The average molecular weight is 241 g/mol. The van der Waals surface area contributed by atoms with Gasteiger partial charge in [-0.25, -0.2) is 4.79 Å². The normalized spacial score (nSPS) is 11.2. The van der Waals surface area contributed by atoms with Crippen LogP contribution in [0, 0.1) is 0 Å². The van der Waals surface area contributed by atoms with Crippen LogP contribution in [0.15, 0.2) is 0 Å². The third-order valence-electron chi connectivity index (χ3n) is 1.15. The summed E-state index contributed by atoms with van der Waals surface area (Å²) in [6.07, 6.45) is -5.41. The molecule has 1 rings (SSSR count). The molecule has 0 radical (unpaired) electrons. The van der Waals surface area contributed by atoms with E-state index >= 15 is 0 Å². The second kappa shape index (κ2) is 4.43. The lowest BCUT2D eigenvalue weighted by atomic mass is 10.7. The number of anilines is 1. The van der Waals surface area contributed by atoms with E-state index in [1.807, 2.05) is 5.32 Å². The van der Waals surface area contributed by atoms with E-state index in [4.69, 9.17) is 0 Å². The van der Waals surface area contributed by atoms with Crippen molar-refractivity contribution in [2.75, 3.05) is 11.9 Å². The summed E-state index contributed by atoms with van der Waals surface area (Å²) in [4.78, 5) is 10.8. The Balaban J connectivity index is 2.65. The topological polar surface area (TPSA) is 64.1 Å². The van der Waals surface area contributed by atoms with Gasteiger partial charge in [0.1, 0.15) is 0 Å². The van der Waals surface area contributed by atoms with Gasteiger partial charge in [0.15, 0.2) is 0 Å². The molecule has 0 fully saturated rings. The molecule has 0 aromatic carbocycles. The molecule has 1 aromatic heterocycles. The van der Waals surface area contributed by atoms with Gasteiger partial charge in [-0.3, -0.25) is 5.32 Å². The highest BCUT2D eigenvalue weighted by molar-refractivity contribution is 7.15. The molecular weight excluding hydrogens is 235 g/mol. The first-order valence-electron chi connectivity index (χ1n) is 3.78. The summed E-state index contributed by atoms with van der Waals surface area (Å²) in [5.41, 5.74) is 0. The molecule has 9 heteroatoms. The third kappa shape index (κ3) is 3.35. The molecule has 1 heterocycles. The fourth-order valence-electron chi connectivity index (χ4n) is 0.643. The Morgan fingerprint density at radius 1 is 1.53 bits per heavy atom. The smallest absolute Gasteiger partial charge is 0.445 e. The Kier molecular flexibility index (Phi) is 3.45. The van der Waals surface area contributed by atoms with Crippen LogP contribution in [0.25, 0.3) is 0 Å². The molecule has 0 atom stereocenters. The van der Waals surface area contributed by atoms with Crippen LogP contribution in [0.3, 0.4) is 0 Å². The zero-order valence-electron chi connectivity index (χ0n) is 7.46. The van der Waals surface area contributed by atoms with Crippen molar-refractivity contribution in [2.24, 2.45) is 0 Å². The van der Waals surface area contributed by atoms with Gasteiger partial charge >= 0.3 is 12.3 Å². The fraction of sp³-hybridized carbons (Fsp3) is 0.500. The highest BCUT2D eigenvalue weighted by atomic mass is 32.1. The molecule has 0 saturated heterocycles. The average Bonchev–Trinajstić information content (AvgIpc) is 2.52. The Bertz CT molecular complexity index is 352. The van der Waals surface area contributed by atoms with Crippen LogP contribution in [0.5, 0.6) is 0 Å². The van der Waals surface area contributed by atoms with Crippen LogP contribution in [0.4, 0.5) is 23.1 Å². The summed E-state index contributed by atoms with van der Waals surface area (Å²) in [7, 11) is 0. The van der Waals surface area contributed by atoms with Crippen molar-refractivity contribution < 1.29 is 22.7 Å². The predicted octanol–water partition coefficient (Wildman–Crippen LogP) is 2.13. The van der Waals surface area contributed by atoms with Gasteiger partial charge in [0.2, 0.25) is 10.1 Å². The predicted molar refractivity (Wildman–Crippen MR) is 45.6 cm³/mol. The van der Waals surface area contributed by atoms with Gasteiger partial charge in [0.25, 0.3) is 0 Å². The maximum absolute atomic E-state index is 12.1. The van der Waals surface area contributed by atoms with Gasteiger partial charge < -0.3 is 4.74 Å². The number of nitrogens with zero attached hydrogens (tertiary/aromatic N) is 2. The van der Waals surface area contributed by atoms with Crippen LogP contribution in [0.2, 0.25) is 0 Å². The highest BCUT2D eigenvalue weighted by Crippen LogP contribution is 2.32. The van der Waals surface area contributed by atoms with Crippen LogP contribution in [0.1, 0.15) is 11.9 Å². The Hall–Kier alpha value is -1.38. The van der Waals surface area contributed by atoms with Gasteiger partial charge in [0.05, 0.1) is 6.61 Å². The minimum atomic E-state index is -4.55. The van der Waals surface area contributed by atoms with Gasteiger partial charge in [-0.15, -0.1) is 10.2 Å². The lowest BCUT2D eigenvalue weighted by Crippen LogP contribution is -2.12. The van der Waals surface area contributed by atoms with Gasteiger partial charge in [0, 0.05) is 0 Å². The number of halogens is 3. The van der Waals surface area contributed by atoms with Gasteiger partial charge in [-0.05, 0) is 6.92 Å². The van der Waals surface area contributed by atoms with E-state index in [0.717, 1.165) is 0 Å². The van der Waals surface area contributed by atoms with Crippen LogP contribution < -0.4 is 5.32 Å². The fourth-order valence-corrected chi connectivity index (χ4v) is 1.24. The highest BCUT2D eigenvalue weighted by Gasteiger charge is 2.35. The Morgan fingerprint density at radius 2 is 2.20 bits per heavy atom. The summed E-state index contributed by atoms with van der Waals surface area (Å²) in [6, 6.07) is 0. The maximum Gasteiger partial charge on any atom is 0.445 e. The molecule has 15 heavy (non-hydrogen) atoms. The van der Waals surface area contributed by atoms with Crippen LogP contribution in [-0.2, 0) is 10.9 Å². The lowest BCUT2D eigenvalue weighted by molar-refractivity contribution is -0.138. The molecule has 1 amide bonds. The number of amides is 1. The molecule has 0 saturated carbocycles. The number of carbonyl (C=O) groups is 1. The zero-order valence-corrected chi connectivity index (χ0v) is 8.28. The van der Waals surface area contributed by atoms with Crippen molar-refractivity contribution in [2.45, 2.75) is 13.1 Å². The van der Waals surface area contributed by atoms with Crippen LogP contribution in [-0.4, -0.2) is 22.9 Å². The number of hydrogen-bond acceptors (Lipinski definition) is 5. The van der Waals surface area contributed by atoms with Crippen LogP contribution >= 0.6 is 11.3 Å². The van der Waals surface area contributed by atoms with Crippen molar-refractivity contribution >= 4 is 22.6 Å². The summed E-state index contributed by atoms with van der Waals surface area (Å²) in [5.74, 6) is 0. The number of aromatic nitrogens is 2. The van der Waals surface area contributed by atoms with E-state index in [9.17, 15) is 18.0 Å². The van der Waals surface area contributed by atoms with E-state index in [1.54, 1.807) is 6.92 Å². The summed E-state index contributed by atoms with van der Waals surface area (Å²) in [5, 5.41) is 6.67. The lowest BCUT2D eigenvalue weighted by Gasteiger charge is -2.00. The Morgan fingerprint density at radius 3 is 2.67 bits per heavy atom. The molecule has 0 unspecified atom stereocenters. The minimum Gasteiger partial charge on any atom is -0.450 e. The van der Waals surface area contributed by atoms with E-state index < -0.39 is 17.3 Å².